The highest BCUT2D eigenvalue weighted by molar-refractivity contribution is 5.87. The molecule has 0 atom stereocenters. The van der Waals surface area contributed by atoms with Crippen LogP contribution in [0.1, 0.15) is 13.8 Å². The monoisotopic (exact) mass is 129 g/mol. The van der Waals surface area contributed by atoms with Gasteiger partial charge in [0.25, 0.3) is 0 Å². The zero-order valence-corrected chi connectivity index (χ0v) is 5.64. The predicted molar refractivity (Wildman–Crippen MR) is 34.6 cm³/mol. The molecule has 0 aromatic carbocycles. The summed E-state index contributed by atoms with van der Waals surface area (Å²) in [7, 11) is 0. The largest absolute Gasteiger partial charge is 0.372 e. The highest BCUT2D eigenvalue weighted by atomic mass is 16.3. The van der Waals surface area contributed by atoms with E-state index in [2.05, 4.69) is 11.9 Å². The molecular weight excluding hydrogens is 118 g/mol. The fraction of sp³-hybridized carbons (Fsp3) is 0.500. The molecule has 0 saturated heterocycles. The van der Waals surface area contributed by atoms with Crippen LogP contribution in [0.15, 0.2) is 12.7 Å². The quantitative estimate of drug-likeness (QED) is 0.408. The van der Waals surface area contributed by atoms with Gasteiger partial charge in [0.1, 0.15) is 5.72 Å². The lowest BCUT2D eigenvalue weighted by atomic mass is 10.3. The van der Waals surface area contributed by atoms with Crippen LogP contribution >= 0.6 is 0 Å². The van der Waals surface area contributed by atoms with Crippen molar-refractivity contribution in [2.75, 3.05) is 0 Å². The highest BCUT2D eigenvalue weighted by Gasteiger charge is 2.12. The van der Waals surface area contributed by atoms with Crippen molar-refractivity contribution in [2.24, 2.45) is 0 Å². The first-order valence-electron chi connectivity index (χ1n) is 2.62. The van der Waals surface area contributed by atoms with Crippen LogP contribution in [-0.2, 0) is 4.79 Å². The summed E-state index contributed by atoms with van der Waals surface area (Å²) < 4.78 is 0. The smallest absolute Gasteiger partial charge is 0.245 e. The van der Waals surface area contributed by atoms with E-state index in [-0.39, 0.29) is 5.91 Å². The van der Waals surface area contributed by atoms with Crippen LogP contribution in [0.5, 0.6) is 0 Å². The molecule has 0 heterocycles. The van der Waals surface area contributed by atoms with E-state index in [1.807, 2.05) is 0 Å². The molecule has 0 bridgehead atoms. The van der Waals surface area contributed by atoms with Gasteiger partial charge in [-0.3, -0.25) is 4.79 Å². The van der Waals surface area contributed by atoms with Gasteiger partial charge in [-0.25, -0.2) is 0 Å². The first-order chi connectivity index (χ1) is 3.95. The molecule has 0 spiro atoms. The molecule has 0 aliphatic rings. The number of hydrogen-bond donors (Lipinski definition) is 2. The summed E-state index contributed by atoms with van der Waals surface area (Å²) in [5, 5.41) is 11.2. The summed E-state index contributed by atoms with van der Waals surface area (Å²) in [6.45, 7) is 6.18. The molecular formula is C6H11NO2. The minimum absolute atomic E-state index is 0.373. The Morgan fingerprint density at radius 3 is 2.33 bits per heavy atom. The normalized spacial score (nSPS) is 10.6. The minimum Gasteiger partial charge on any atom is -0.372 e. The molecule has 1 amide bonds. The third-order valence-electron chi connectivity index (χ3n) is 0.614. The van der Waals surface area contributed by atoms with Crippen LogP contribution in [0.4, 0.5) is 0 Å². The number of hydrogen-bond acceptors (Lipinski definition) is 2. The van der Waals surface area contributed by atoms with Crippen LogP contribution in [-0.4, -0.2) is 16.7 Å². The lowest BCUT2D eigenvalue weighted by Gasteiger charge is -2.17. The van der Waals surface area contributed by atoms with Crippen LogP contribution < -0.4 is 5.32 Å². The Bertz CT molecular complexity index is 124. The van der Waals surface area contributed by atoms with Crippen LogP contribution in [0, 0.1) is 0 Å². The minimum atomic E-state index is -1.15. The van der Waals surface area contributed by atoms with E-state index < -0.39 is 5.72 Å². The topological polar surface area (TPSA) is 49.3 Å². The Kier molecular flexibility index (Phi) is 2.40. The first-order valence-corrected chi connectivity index (χ1v) is 2.62. The number of amides is 1. The SMILES string of the molecule is C=CC(=O)NC(C)(C)O. The van der Waals surface area contributed by atoms with Crippen molar-refractivity contribution in [3.8, 4) is 0 Å². The summed E-state index contributed by atoms with van der Waals surface area (Å²) >= 11 is 0. The summed E-state index contributed by atoms with van der Waals surface area (Å²) in [5.74, 6) is -0.373. The van der Waals surface area contributed by atoms with E-state index >= 15 is 0 Å². The second-order valence-electron chi connectivity index (χ2n) is 2.25. The molecule has 52 valence electrons. The number of nitrogens with one attached hydrogen (secondary N) is 1. The molecule has 0 fully saturated rings. The maximum absolute atomic E-state index is 10.4. The molecule has 3 heteroatoms. The second kappa shape index (κ2) is 2.64. The summed E-state index contributed by atoms with van der Waals surface area (Å²) in [4.78, 5) is 10.4. The average Bonchev–Trinajstić information content (AvgIpc) is 1.62. The van der Waals surface area contributed by atoms with E-state index in [0.29, 0.717) is 0 Å². The van der Waals surface area contributed by atoms with Crippen molar-refractivity contribution in [3.05, 3.63) is 12.7 Å². The lowest BCUT2D eigenvalue weighted by molar-refractivity contribution is -0.122. The number of carbonyl (C=O) groups is 1. The van der Waals surface area contributed by atoms with E-state index in [9.17, 15) is 4.79 Å². The first kappa shape index (κ1) is 8.17. The van der Waals surface area contributed by atoms with Gasteiger partial charge >= 0.3 is 0 Å². The van der Waals surface area contributed by atoms with Crippen molar-refractivity contribution in [2.45, 2.75) is 19.6 Å². The highest BCUT2D eigenvalue weighted by Crippen LogP contribution is 1.92. The Morgan fingerprint density at radius 1 is 1.78 bits per heavy atom. The lowest BCUT2D eigenvalue weighted by Crippen LogP contribution is -2.42. The predicted octanol–water partition coefficient (Wildman–Crippen LogP) is 0.0170. The standard InChI is InChI=1S/C6H11NO2/c1-4-5(8)7-6(2,3)9/h4,9H,1H2,2-3H3,(H,7,8). The van der Waals surface area contributed by atoms with Crippen LogP contribution in [0.25, 0.3) is 0 Å². The Hall–Kier alpha value is -0.830. The zero-order chi connectivity index (χ0) is 7.49. The van der Waals surface area contributed by atoms with Gasteiger partial charge in [-0.2, -0.15) is 0 Å². The molecule has 9 heavy (non-hydrogen) atoms. The van der Waals surface area contributed by atoms with Gasteiger partial charge in [-0.15, -0.1) is 0 Å². The van der Waals surface area contributed by atoms with E-state index in [1.54, 1.807) is 0 Å². The number of aliphatic hydroxyl groups is 1. The van der Waals surface area contributed by atoms with Gasteiger partial charge in [-0.05, 0) is 19.9 Å². The fourth-order valence-corrected chi connectivity index (χ4v) is 0.353. The summed E-state index contributed by atoms with van der Waals surface area (Å²) in [6, 6.07) is 0. The van der Waals surface area contributed by atoms with Crippen LogP contribution in [0.3, 0.4) is 0 Å². The molecule has 0 aliphatic heterocycles. The van der Waals surface area contributed by atoms with Crippen molar-refractivity contribution >= 4 is 5.91 Å². The summed E-state index contributed by atoms with van der Waals surface area (Å²) in [5.41, 5.74) is -1.15. The number of carbonyl (C=O) groups excluding carboxylic acids is 1. The Labute approximate surface area is 54.4 Å². The van der Waals surface area contributed by atoms with Crippen molar-refractivity contribution in [3.63, 3.8) is 0 Å². The van der Waals surface area contributed by atoms with Gasteiger partial charge in [0.05, 0.1) is 0 Å². The molecule has 3 nitrogen and oxygen atoms in total. The van der Waals surface area contributed by atoms with Crippen molar-refractivity contribution in [1.82, 2.24) is 5.32 Å². The molecule has 0 rings (SSSR count). The zero-order valence-electron chi connectivity index (χ0n) is 5.64. The van der Waals surface area contributed by atoms with Gasteiger partial charge in [0.2, 0.25) is 5.91 Å². The van der Waals surface area contributed by atoms with Crippen molar-refractivity contribution < 1.29 is 9.90 Å². The molecule has 0 aromatic rings. The number of rotatable bonds is 2. The Balaban J connectivity index is 3.74. The van der Waals surface area contributed by atoms with Crippen molar-refractivity contribution in [1.29, 1.82) is 0 Å². The Morgan fingerprint density at radius 2 is 2.22 bits per heavy atom. The molecule has 0 radical (unpaired) electrons. The molecule has 0 unspecified atom stereocenters. The molecule has 0 saturated carbocycles. The van der Waals surface area contributed by atoms with E-state index in [4.69, 9.17) is 5.11 Å². The van der Waals surface area contributed by atoms with Gasteiger partial charge < -0.3 is 10.4 Å². The maximum atomic E-state index is 10.4. The van der Waals surface area contributed by atoms with E-state index in [0.717, 1.165) is 6.08 Å². The van der Waals surface area contributed by atoms with Crippen LogP contribution in [0.2, 0.25) is 0 Å². The van der Waals surface area contributed by atoms with Gasteiger partial charge in [0, 0.05) is 0 Å². The molecule has 2 N–H and O–H groups in total. The second-order valence-corrected chi connectivity index (χ2v) is 2.25. The third-order valence-corrected chi connectivity index (χ3v) is 0.614. The molecule has 0 aliphatic carbocycles. The maximum Gasteiger partial charge on any atom is 0.245 e. The van der Waals surface area contributed by atoms with E-state index in [1.165, 1.54) is 13.8 Å². The molecule has 0 aromatic heterocycles. The van der Waals surface area contributed by atoms with Gasteiger partial charge in [-0.1, -0.05) is 6.58 Å². The average molecular weight is 129 g/mol. The fourth-order valence-electron chi connectivity index (χ4n) is 0.353. The van der Waals surface area contributed by atoms with Gasteiger partial charge in [0.15, 0.2) is 0 Å². The summed E-state index contributed by atoms with van der Waals surface area (Å²) in [6.07, 6.45) is 1.11. The third kappa shape index (κ3) is 5.03.